The summed E-state index contributed by atoms with van der Waals surface area (Å²) in [5.41, 5.74) is 12.5. The molecule has 0 saturated carbocycles. The first-order chi connectivity index (χ1) is 26.1. The number of aromatic nitrogens is 5. The minimum atomic E-state index is -0.676. The molecule has 284 valence electrons. The van der Waals surface area contributed by atoms with Gasteiger partial charge >= 0.3 is 6.09 Å². The Kier molecular flexibility index (Phi) is 10.7. The van der Waals surface area contributed by atoms with E-state index in [0.29, 0.717) is 13.1 Å². The molecule has 0 aliphatic carbocycles. The average Bonchev–Trinajstić information content (AvgIpc) is 4.04. The molecule has 0 bridgehead atoms. The fraction of sp³-hybridized carbons (Fsp3) is 0.463. The summed E-state index contributed by atoms with van der Waals surface area (Å²) in [5, 5.41) is 3.75. The molecule has 6 atom stereocenters. The largest absolute Gasteiger partial charge is 0.453 e. The molecule has 5 aromatic rings. The lowest BCUT2D eigenvalue weighted by Crippen LogP contribution is -2.51. The van der Waals surface area contributed by atoms with Gasteiger partial charge in [-0.2, -0.15) is 0 Å². The Labute approximate surface area is 315 Å². The Morgan fingerprint density at radius 3 is 2.26 bits per heavy atom. The van der Waals surface area contributed by atoms with Gasteiger partial charge in [0.2, 0.25) is 11.8 Å². The van der Waals surface area contributed by atoms with Gasteiger partial charge in [-0.05, 0) is 67.9 Å². The molecular formula is C41H51N9O4. The zero-order valence-corrected chi connectivity index (χ0v) is 31.8. The second-order valence-electron chi connectivity index (χ2n) is 14.9. The first kappa shape index (κ1) is 37.0. The van der Waals surface area contributed by atoms with Crippen LogP contribution >= 0.6 is 0 Å². The van der Waals surface area contributed by atoms with E-state index in [-0.39, 0.29) is 35.7 Å². The number of methoxy groups -OCH3 is 1. The molecule has 7 rings (SSSR count). The van der Waals surface area contributed by atoms with Crippen LogP contribution in [0.2, 0.25) is 0 Å². The molecule has 2 aromatic carbocycles. The Hall–Kier alpha value is -5.30. The van der Waals surface area contributed by atoms with Crippen LogP contribution in [0.4, 0.5) is 4.79 Å². The number of fused-ring (bicyclic) bond motifs is 2. The molecule has 13 heteroatoms. The number of alkyl carbamates (subject to hydrolysis) is 1. The summed E-state index contributed by atoms with van der Waals surface area (Å²) in [5.74, 6) is 1.47. The molecule has 2 fully saturated rings. The standard InChI is InChI=1S/C41H51N9O4/c1-6-23(3)35(42)39(51)49-18-8-10-33(49)37-43-22-32(47-37)26-13-16-28-25(20-26)12-15-29(44-28)27-14-17-30-31(21-27)46-38(45-30)34-11-9-19-50(34)40(52)36(24(4)7-2)48-41(53)54-5/h12-17,20-24,33-36H,6-11,18-19,42H2,1-5H3,(H,43,47)(H,45,46)(H,48,53)/t23-,24-,33-,34-,35-,36-/m0/s1. The minimum absolute atomic E-state index is 0.00141. The van der Waals surface area contributed by atoms with E-state index in [0.717, 1.165) is 94.6 Å². The SMILES string of the molecule is CC[C@H](C)[C@H](N)C(=O)N1CCC[C@H]1c1ncc(-c2ccc3nc(-c4ccc5nc([C@@H]6CCCN6C(=O)[C@@H](NC(=O)OC)[C@@H](C)CC)[nH]c5c4)ccc3c2)[nH]1. The summed E-state index contributed by atoms with van der Waals surface area (Å²) in [6.45, 7) is 9.34. The van der Waals surface area contributed by atoms with Gasteiger partial charge in [-0.1, -0.05) is 58.7 Å². The number of ether oxygens (including phenoxy) is 1. The summed E-state index contributed by atoms with van der Waals surface area (Å²) < 4.78 is 4.81. The fourth-order valence-electron chi connectivity index (χ4n) is 7.82. The number of H-pyrrole nitrogens is 2. The predicted molar refractivity (Wildman–Crippen MR) is 208 cm³/mol. The van der Waals surface area contributed by atoms with Gasteiger partial charge in [0.05, 0.1) is 59.4 Å². The number of benzene rings is 2. The van der Waals surface area contributed by atoms with Crippen LogP contribution < -0.4 is 11.1 Å². The van der Waals surface area contributed by atoms with E-state index in [1.54, 1.807) is 0 Å². The van der Waals surface area contributed by atoms with E-state index in [1.807, 2.05) is 67.1 Å². The number of aromatic amines is 2. The molecule has 2 saturated heterocycles. The van der Waals surface area contributed by atoms with Crippen LogP contribution in [0.25, 0.3) is 44.5 Å². The van der Waals surface area contributed by atoms with Gasteiger partial charge in [0.15, 0.2) is 0 Å². The Morgan fingerprint density at radius 1 is 0.852 bits per heavy atom. The number of pyridine rings is 1. The number of nitrogens with two attached hydrogens (primary N) is 1. The van der Waals surface area contributed by atoms with Crippen LogP contribution in [-0.2, 0) is 14.3 Å². The highest BCUT2D eigenvalue weighted by atomic mass is 16.5. The first-order valence-electron chi connectivity index (χ1n) is 19.3. The zero-order valence-electron chi connectivity index (χ0n) is 31.8. The number of amides is 3. The number of nitrogens with one attached hydrogen (secondary N) is 3. The van der Waals surface area contributed by atoms with Crippen molar-refractivity contribution in [3.63, 3.8) is 0 Å². The molecule has 3 aromatic heterocycles. The quantitative estimate of drug-likeness (QED) is 0.117. The Morgan fingerprint density at radius 2 is 1.54 bits per heavy atom. The topological polar surface area (TPSA) is 175 Å². The summed E-state index contributed by atoms with van der Waals surface area (Å²) in [6.07, 6.45) is 6.24. The molecular weight excluding hydrogens is 683 g/mol. The Bertz CT molecular complexity index is 2160. The first-order valence-corrected chi connectivity index (χ1v) is 19.3. The van der Waals surface area contributed by atoms with Gasteiger partial charge in [0.25, 0.3) is 0 Å². The summed E-state index contributed by atoms with van der Waals surface area (Å²) >= 11 is 0. The summed E-state index contributed by atoms with van der Waals surface area (Å²) in [6, 6.07) is 14.8. The van der Waals surface area contributed by atoms with Crippen LogP contribution in [0.15, 0.2) is 54.7 Å². The predicted octanol–water partition coefficient (Wildman–Crippen LogP) is 6.64. The highest BCUT2D eigenvalue weighted by Crippen LogP contribution is 2.35. The van der Waals surface area contributed by atoms with Crippen LogP contribution in [0, 0.1) is 11.8 Å². The van der Waals surface area contributed by atoms with Gasteiger partial charge in [-0.3, -0.25) is 9.59 Å². The second kappa shape index (κ2) is 15.6. The summed E-state index contributed by atoms with van der Waals surface area (Å²) in [4.78, 5) is 64.4. The molecule has 2 aliphatic heterocycles. The lowest BCUT2D eigenvalue weighted by molar-refractivity contribution is -0.136. The maximum atomic E-state index is 13.8. The van der Waals surface area contributed by atoms with Crippen molar-refractivity contribution in [3.05, 3.63) is 66.4 Å². The van der Waals surface area contributed by atoms with E-state index < -0.39 is 18.2 Å². The van der Waals surface area contributed by atoms with Crippen LogP contribution in [0.5, 0.6) is 0 Å². The smallest absolute Gasteiger partial charge is 0.407 e. The molecule has 5 N–H and O–H groups in total. The minimum Gasteiger partial charge on any atom is -0.453 e. The molecule has 3 amide bonds. The molecule has 0 radical (unpaired) electrons. The van der Waals surface area contributed by atoms with Gasteiger partial charge < -0.3 is 35.6 Å². The van der Waals surface area contributed by atoms with Crippen molar-refractivity contribution >= 4 is 39.8 Å². The van der Waals surface area contributed by atoms with E-state index in [2.05, 4.69) is 40.4 Å². The van der Waals surface area contributed by atoms with Crippen LogP contribution in [0.3, 0.4) is 0 Å². The number of hydrogen-bond donors (Lipinski definition) is 4. The van der Waals surface area contributed by atoms with Crippen LogP contribution in [0.1, 0.15) is 90.0 Å². The lowest BCUT2D eigenvalue weighted by Gasteiger charge is -2.30. The molecule has 0 unspecified atom stereocenters. The van der Waals surface area contributed by atoms with E-state index >= 15 is 0 Å². The van der Waals surface area contributed by atoms with Crippen molar-refractivity contribution in [1.82, 2.24) is 40.0 Å². The maximum absolute atomic E-state index is 13.8. The number of carbonyl (C=O) groups is 3. The monoisotopic (exact) mass is 733 g/mol. The maximum Gasteiger partial charge on any atom is 0.407 e. The van der Waals surface area contributed by atoms with Gasteiger partial charge in [-0.15, -0.1) is 0 Å². The van der Waals surface area contributed by atoms with Crippen molar-refractivity contribution in [2.24, 2.45) is 17.6 Å². The highest BCUT2D eigenvalue weighted by Gasteiger charge is 2.38. The average molecular weight is 734 g/mol. The molecule has 0 spiro atoms. The van der Waals surface area contributed by atoms with Crippen LogP contribution in [-0.4, -0.2) is 84.9 Å². The number of hydrogen-bond acceptors (Lipinski definition) is 8. The number of imidazole rings is 2. The normalized spacial score (nSPS) is 19.6. The summed E-state index contributed by atoms with van der Waals surface area (Å²) in [7, 11) is 1.30. The lowest BCUT2D eigenvalue weighted by atomic mass is 9.97. The number of nitrogens with zero attached hydrogens (tertiary/aromatic N) is 5. The number of rotatable bonds is 11. The molecule has 13 nitrogen and oxygen atoms in total. The molecule has 5 heterocycles. The van der Waals surface area contributed by atoms with Crippen molar-refractivity contribution in [2.45, 2.75) is 90.4 Å². The third kappa shape index (κ3) is 7.16. The molecule has 2 aliphatic rings. The highest BCUT2D eigenvalue weighted by molar-refractivity contribution is 5.89. The molecule has 54 heavy (non-hydrogen) atoms. The third-order valence-electron chi connectivity index (χ3n) is 11.6. The van der Waals surface area contributed by atoms with Gasteiger partial charge in [-0.25, -0.2) is 19.7 Å². The van der Waals surface area contributed by atoms with E-state index in [4.69, 9.17) is 25.4 Å². The van der Waals surface area contributed by atoms with E-state index in [9.17, 15) is 14.4 Å². The van der Waals surface area contributed by atoms with Gasteiger partial charge in [0.1, 0.15) is 17.7 Å². The van der Waals surface area contributed by atoms with E-state index in [1.165, 1.54) is 7.11 Å². The van der Waals surface area contributed by atoms with Gasteiger partial charge in [0, 0.05) is 29.6 Å². The Balaban J connectivity index is 1.08. The van der Waals surface area contributed by atoms with Crippen molar-refractivity contribution in [3.8, 4) is 22.5 Å². The fourth-order valence-corrected chi connectivity index (χ4v) is 7.82. The number of carbonyl (C=O) groups excluding carboxylic acids is 3. The second-order valence-corrected chi connectivity index (χ2v) is 14.9. The number of likely N-dealkylation sites (tertiary alicyclic amines) is 2. The zero-order chi connectivity index (χ0) is 38.1. The van der Waals surface area contributed by atoms with Crippen molar-refractivity contribution in [1.29, 1.82) is 0 Å². The van der Waals surface area contributed by atoms with Crippen molar-refractivity contribution in [2.75, 3.05) is 20.2 Å². The van der Waals surface area contributed by atoms with Crippen molar-refractivity contribution < 1.29 is 19.1 Å². The third-order valence-corrected chi connectivity index (χ3v) is 11.6.